The van der Waals surface area contributed by atoms with Crippen molar-refractivity contribution in [2.45, 2.75) is 103 Å². The largest absolute Gasteiger partial charge is 0.289 e. The van der Waals surface area contributed by atoms with E-state index in [1.165, 1.54) is 91.7 Å². The summed E-state index contributed by atoms with van der Waals surface area (Å²) in [4.78, 5) is 10.2. The van der Waals surface area contributed by atoms with Crippen molar-refractivity contribution in [2.24, 2.45) is 17.8 Å². The van der Waals surface area contributed by atoms with Crippen molar-refractivity contribution >= 4 is 24.6 Å². The number of aryl methyl sites for hydroxylation is 1. The van der Waals surface area contributed by atoms with Crippen LogP contribution in [0.2, 0.25) is 19.6 Å². The number of unbranched alkanes of at least 4 members (excludes halogenated alkanes) is 2. The molecule has 4 heteroatoms. The first-order valence-corrected chi connectivity index (χ1v) is 20.1. The van der Waals surface area contributed by atoms with Gasteiger partial charge >= 0.3 is 0 Å². The predicted octanol–water partition coefficient (Wildman–Crippen LogP) is 8.80. The number of benzene rings is 1. The molecule has 4 atom stereocenters. The van der Waals surface area contributed by atoms with Crippen LogP contribution < -0.4 is 5.19 Å². The lowest BCUT2D eigenvalue weighted by Gasteiger charge is -2.62. The van der Waals surface area contributed by atoms with Crippen molar-refractivity contribution in [3.8, 4) is 10.6 Å². The minimum absolute atomic E-state index is 0.142. The van der Waals surface area contributed by atoms with Crippen LogP contribution in [0.5, 0.6) is 0 Å². The summed E-state index contributed by atoms with van der Waals surface area (Å²) in [6, 6.07) is 16.4. The zero-order valence-corrected chi connectivity index (χ0v) is 26.7. The molecule has 0 amide bonds. The monoisotopic (exact) mass is 556 g/mol. The Kier molecular flexibility index (Phi) is 7.67. The fraction of sp³-hybridized carbons (Fsp3) is 0.571. The number of rotatable bonds is 8. The van der Waals surface area contributed by atoms with Gasteiger partial charge in [-0.05, 0) is 103 Å². The van der Waals surface area contributed by atoms with Crippen LogP contribution in [-0.4, -0.2) is 24.5 Å². The first kappa shape index (κ1) is 27.4. The van der Waals surface area contributed by atoms with Crippen LogP contribution in [0, 0.1) is 17.8 Å². The Bertz CT molecular complexity index is 1290. The fourth-order valence-corrected chi connectivity index (χ4v) is 11.0. The number of thiophene rings is 1. The Labute approximate surface area is 242 Å². The van der Waals surface area contributed by atoms with E-state index in [2.05, 4.69) is 86.2 Å². The second kappa shape index (κ2) is 10.9. The van der Waals surface area contributed by atoms with Gasteiger partial charge in [-0.3, -0.25) is 9.88 Å². The van der Waals surface area contributed by atoms with Crippen molar-refractivity contribution < 1.29 is 0 Å². The molecule has 2 fully saturated rings. The molecule has 0 radical (unpaired) electrons. The highest BCUT2D eigenvalue weighted by molar-refractivity contribution is 7.14. The molecular weight excluding hydrogens is 509 g/mol. The molecule has 208 valence electrons. The summed E-state index contributed by atoms with van der Waals surface area (Å²) in [6.45, 7) is 14.7. The van der Waals surface area contributed by atoms with E-state index in [-0.39, 0.29) is 5.54 Å². The highest BCUT2D eigenvalue weighted by atomic mass is 32.1. The van der Waals surface area contributed by atoms with Crippen molar-refractivity contribution in [3.63, 3.8) is 0 Å². The second-order valence-corrected chi connectivity index (χ2v) is 19.9. The third-order valence-corrected chi connectivity index (χ3v) is 13.1. The molecule has 0 spiro atoms. The van der Waals surface area contributed by atoms with Crippen LogP contribution in [-0.2, 0) is 24.9 Å². The Hall–Kier alpha value is -1.75. The maximum absolute atomic E-state index is 5.76. The Balaban J connectivity index is 1.51. The molecule has 0 unspecified atom stereocenters. The molecule has 2 nitrogen and oxygen atoms in total. The predicted molar refractivity (Wildman–Crippen MR) is 171 cm³/mol. The minimum Gasteiger partial charge on any atom is -0.289 e. The van der Waals surface area contributed by atoms with E-state index >= 15 is 0 Å². The number of hydrogen-bond acceptors (Lipinski definition) is 3. The number of pyridine rings is 1. The molecule has 2 aliphatic carbocycles. The zero-order chi connectivity index (χ0) is 27.2. The van der Waals surface area contributed by atoms with Gasteiger partial charge in [0.25, 0.3) is 0 Å². The summed E-state index contributed by atoms with van der Waals surface area (Å²) in [6.07, 6.45) is 11.6. The van der Waals surface area contributed by atoms with Gasteiger partial charge in [0.2, 0.25) is 0 Å². The molecule has 6 rings (SSSR count). The molecule has 1 saturated heterocycles. The van der Waals surface area contributed by atoms with Crippen LogP contribution in [0.15, 0.2) is 47.8 Å². The quantitative estimate of drug-likeness (QED) is 0.204. The number of hydrogen-bond donors (Lipinski definition) is 0. The summed E-state index contributed by atoms with van der Waals surface area (Å²) in [5.74, 6) is 2.31. The molecule has 0 N–H and O–H groups in total. The zero-order valence-electron chi connectivity index (χ0n) is 24.9. The smallest absolute Gasteiger partial charge is 0.0805 e. The summed E-state index contributed by atoms with van der Waals surface area (Å²) < 4.78 is 0. The van der Waals surface area contributed by atoms with E-state index in [1.807, 2.05) is 11.3 Å². The van der Waals surface area contributed by atoms with Crippen LogP contribution in [0.1, 0.15) is 81.2 Å². The van der Waals surface area contributed by atoms with E-state index in [0.717, 1.165) is 24.3 Å². The summed E-state index contributed by atoms with van der Waals surface area (Å²) in [5, 5.41) is 3.91. The standard InChI is InChI=1S/C35H48N2SSi/c1-6-7-9-15-27-17-19-38-34(27)33-32(39(3,4)5)22-30-31(36-33)21-28-20-25(2)23-35(30)29(28)16-12-18-37(35)24-26-13-10-8-11-14-26/h8,10-11,13-14,17,19,22,25,28-29H,6-7,9,12,15-16,18,20-21,23-24H2,1-5H3/t25-,28+,29-,35-/m1/s1. The first-order valence-electron chi connectivity index (χ1n) is 15.7. The SMILES string of the molecule is CCCCCc1ccsc1-c1nc2c(cc1[Si](C)(C)C)[C@@]13C[C@H](C)C[C@@H](C2)[C@H]1CCCN3Cc1ccccc1. The van der Waals surface area contributed by atoms with Crippen LogP contribution >= 0.6 is 11.3 Å². The van der Waals surface area contributed by atoms with Gasteiger partial charge in [0.05, 0.1) is 24.2 Å². The van der Waals surface area contributed by atoms with Gasteiger partial charge in [0.1, 0.15) is 0 Å². The van der Waals surface area contributed by atoms with Crippen molar-refractivity contribution in [3.05, 3.63) is 70.2 Å². The molecule has 3 aromatic rings. The molecule has 1 aromatic carbocycles. The van der Waals surface area contributed by atoms with Crippen molar-refractivity contribution in [1.82, 2.24) is 9.88 Å². The summed E-state index contributed by atoms with van der Waals surface area (Å²) in [7, 11) is -1.64. The van der Waals surface area contributed by atoms with Crippen LogP contribution in [0.25, 0.3) is 10.6 Å². The second-order valence-electron chi connectivity index (χ2n) is 14.0. The molecular formula is C35H48N2SSi. The van der Waals surface area contributed by atoms with Gasteiger partial charge in [0.15, 0.2) is 0 Å². The molecule has 1 saturated carbocycles. The van der Waals surface area contributed by atoms with Gasteiger partial charge in [-0.25, -0.2) is 0 Å². The van der Waals surface area contributed by atoms with Gasteiger partial charge in [-0.1, -0.05) is 82.7 Å². The van der Waals surface area contributed by atoms with Crippen molar-refractivity contribution in [1.29, 1.82) is 0 Å². The van der Waals surface area contributed by atoms with Crippen LogP contribution in [0.3, 0.4) is 0 Å². The highest BCUT2D eigenvalue weighted by Crippen LogP contribution is 2.59. The summed E-state index contributed by atoms with van der Waals surface area (Å²) in [5.41, 5.74) is 7.54. The lowest BCUT2D eigenvalue weighted by atomic mass is 9.53. The Morgan fingerprint density at radius 3 is 2.69 bits per heavy atom. The molecule has 1 aliphatic heterocycles. The number of likely N-dealkylation sites (tertiary alicyclic amines) is 1. The minimum atomic E-state index is -1.64. The Morgan fingerprint density at radius 1 is 1.10 bits per heavy atom. The summed E-state index contributed by atoms with van der Waals surface area (Å²) >= 11 is 1.94. The fourth-order valence-electron chi connectivity index (χ4n) is 8.49. The van der Waals surface area contributed by atoms with Crippen LogP contribution in [0.4, 0.5) is 0 Å². The first-order chi connectivity index (χ1) is 18.8. The third-order valence-electron chi connectivity index (χ3n) is 10.1. The normalized spacial score (nSPS) is 26.7. The van der Waals surface area contributed by atoms with E-state index < -0.39 is 8.07 Å². The molecule has 2 bridgehead atoms. The average molecular weight is 557 g/mol. The van der Waals surface area contributed by atoms with Gasteiger partial charge in [0, 0.05) is 12.2 Å². The average Bonchev–Trinajstić information content (AvgIpc) is 3.37. The molecule has 3 heterocycles. The van der Waals surface area contributed by atoms with Gasteiger partial charge < -0.3 is 0 Å². The molecule has 3 aliphatic rings. The number of fused-ring (bicyclic) bond motifs is 1. The Morgan fingerprint density at radius 2 is 1.92 bits per heavy atom. The number of nitrogens with zero attached hydrogens (tertiary/aromatic N) is 2. The van der Waals surface area contributed by atoms with Gasteiger partial charge in [-0.2, -0.15) is 0 Å². The lowest BCUT2D eigenvalue weighted by Crippen LogP contribution is -2.62. The van der Waals surface area contributed by atoms with Gasteiger partial charge in [-0.15, -0.1) is 11.3 Å². The van der Waals surface area contributed by atoms with Crippen molar-refractivity contribution in [2.75, 3.05) is 6.54 Å². The number of piperidine rings is 1. The highest BCUT2D eigenvalue weighted by Gasteiger charge is 2.57. The van der Waals surface area contributed by atoms with E-state index in [9.17, 15) is 0 Å². The third kappa shape index (κ3) is 5.00. The maximum Gasteiger partial charge on any atom is 0.0805 e. The van der Waals surface area contributed by atoms with E-state index in [0.29, 0.717) is 0 Å². The maximum atomic E-state index is 5.76. The lowest BCUT2D eigenvalue weighted by molar-refractivity contribution is -0.0967. The topological polar surface area (TPSA) is 16.1 Å². The number of aromatic nitrogens is 1. The molecule has 2 aromatic heterocycles. The van der Waals surface area contributed by atoms with E-state index in [4.69, 9.17) is 4.98 Å². The van der Waals surface area contributed by atoms with E-state index in [1.54, 1.807) is 10.8 Å². The molecule has 39 heavy (non-hydrogen) atoms.